The molecule has 0 saturated carbocycles. The highest BCUT2D eigenvalue weighted by molar-refractivity contribution is 5.95. The molecule has 5 heterocycles. The number of amides is 3. The molecule has 3 saturated heterocycles. The fourth-order valence-corrected chi connectivity index (χ4v) is 11.5. The number of esters is 1. The predicted molar refractivity (Wildman–Crippen MR) is 271 cm³/mol. The number of aromatic nitrogens is 1. The average molecular weight is 958 g/mol. The van der Waals surface area contributed by atoms with Crippen LogP contribution in [0, 0.1) is 23.2 Å². The van der Waals surface area contributed by atoms with Crippen LogP contribution in [0.2, 0.25) is 0 Å². The molecule has 2 N–H and O–H groups in total. The molecule has 14 nitrogen and oxygen atoms in total. The number of aromatic hydroxyl groups is 1. The van der Waals surface area contributed by atoms with Crippen molar-refractivity contribution < 1.29 is 43.2 Å². The molecular weight excluding hydrogens is 885 g/mol. The summed E-state index contributed by atoms with van der Waals surface area (Å²) >= 11 is 0. The molecule has 0 spiro atoms. The van der Waals surface area contributed by atoms with E-state index >= 15 is 4.79 Å². The Labute approximate surface area is 413 Å². The maximum absolute atomic E-state index is 15.0. The molecule has 0 unspecified atom stereocenters. The first-order valence-corrected chi connectivity index (χ1v) is 25.3. The third kappa shape index (κ3) is 11.0. The number of hydrazone groups is 1. The second kappa shape index (κ2) is 22.1. The van der Waals surface area contributed by atoms with Crippen molar-refractivity contribution in [3.05, 3.63) is 90.0 Å². The molecular formula is C56H73N6O8+. The van der Waals surface area contributed by atoms with E-state index in [-0.39, 0.29) is 54.9 Å². The van der Waals surface area contributed by atoms with Crippen LogP contribution in [-0.2, 0) is 59.2 Å². The van der Waals surface area contributed by atoms with Gasteiger partial charge in [-0.2, -0.15) is 0 Å². The van der Waals surface area contributed by atoms with Gasteiger partial charge in [-0.15, -0.1) is 9.69 Å². The van der Waals surface area contributed by atoms with Crippen molar-refractivity contribution >= 4 is 41.3 Å². The van der Waals surface area contributed by atoms with E-state index in [0.717, 1.165) is 76.6 Å². The summed E-state index contributed by atoms with van der Waals surface area (Å²) in [4.78, 5) is 60.2. The molecule has 14 heteroatoms. The highest BCUT2D eigenvalue weighted by Crippen LogP contribution is 2.42. The van der Waals surface area contributed by atoms with Crippen LogP contribution in [-0.4, -0.2) is 145 Å². The Morgan fingerprint density at radius 3 is 2.59 bits per heavy atom. The monoisotopic (exact) mass is 958 g/mol. The van der Waals surface area contributed by atoms with E-state index in [1.54, 1.807) is 24.3 Å². The van der Waals surface area contributed by atoms with Crippen molar-refractivity contribution in [2.45, 2.75) is 90.8 Å². The van der Waals surface area contributed by atoms with Gasteiger partial charge in [0.05, 0.1) is 37.4 Å². The zero-order chi connectivity index (χ0) is 49.7. The molecule has 4 atom stereocenters. The van der Waals surface area contributed by atoms with E-state index in [0.29, 0.717) is 65.3 Å². The number of likely N-dealkylation sites (tertiary alicyclic amines) is 1. The lowest BCUT2D eigenvalue weighted by Crippen LogP contribution is -2.56. The number of nitrogens with one attached hydrogen (secondary N) is 1. The maximum Gasteiger partial charge on any atom is 0.378 e. The lowest BCUT2D eigenvalue weighted by Gasteiger charge is -2.37. The summed E-state index contributed by atoms with van der Waals surface area (Å²) in [6.45, 7) is 19.2. The van der Waals surface area contributed by atoms with Crippen molar-refractivity contribution in [1.82, 2.24) is 24.7 Å². The molecule has 0 radical (unpaired) electrons. The third-order valence-corrected chi connectivity index (χ3v) is 15.1. The minimum Gasteiger partial charge on any atom is -0.508 e. The molecule has 4 aliphatic heterocycles. The average Bonchev–Trinajstić information content (AvgIpc) is 3.94. The van der Waals surface area contributed by atoms with Crippen molar-refractivity contribution in [3.63, 3.8) is 0 Å². The van der Waals surface area contributed by atoms with Gasteiger partial charge in [0.2, 0.25) is 11.8 Å². The first-order valence-electron chi connectivity index (χ1n) is 25.3. The highest BCUT2D eigenvalue weighted by Gasteiger charge is 2.44. The van der Waals surface area contributed by atoms with Gasteiger partial charge in [0.15, 0.2) is 6.72 Å². The number of hydrogen-bond acceptors (Lipinski definition) is 9. The summed E-state index contributed by atoms with van der Waals surface area (Å²) in [5, 5.41) is 17.3. The lowest BCUT2D eigenvalue weighted by molar-refractivity contribution is -0.693. The van der Waals surface area contributed by atoms with E-state index in [4.69, 9.17) is 14.2 Å². The standard InChI is InChI=1S/C56H72N6O8/c1-8-50(64)60-23-18-37(35-60)34-58(5)51(40-20-25-69-26-21-40)53(65)57-33-43-28-38-27-42(30-44(63)29-38)41-16-17-48-46(31-41)47(52(61(48)9-2)45-14-11-10-13-39(45)19-24-68-7)32-56(3,4)36-70-55(67)49-15-12-22-62(54(43)66)59(49)6/h8,10-11,13-14,16-17,27,29-31,37,40,43,49,51H,1,6,9,12,15,18-26,28,32-36H2,2-5,7H3,(H-,57,63,65)/p+1/t37-,43-,49+,51+/m1/s1. The molecule has 1 aromatic heterocycles. The Bertz CT molecular complexity index is 2600. The number of phenolic OH excluding ortho intramolecular Hbond substituents is 1. The summed E-state index contributed by atoms with van der Waals surface area (Å²) in [7, 11) is 3.70. The van der Waals surface area contributed by atoms with Gasteiger partial charge >= 0.3 is 5.97 Å². The fraction of sp³-hybridized carbons (Fsp3) is 0.518. The number of aryl methyl sites for hydroxylation is 1. The molecule has 3 aromatic carbocycles. The van der Waals surface area contributed by atoms with Crippen molar-refractivity contribution in [3.8, 4) is 28.1 Å². The van der Waals surface area contributed by atoms with Crippen LogP contribution in [0.1, 0.15) is 69.6 Å². The maximum atomic E-state index is 15.0. The van der Waals surface area contributed by atoms with Crippen LogP contribution in [0.4, 0.5) is 0 Å². The molecule has 70 heavy (non-hydrogen) atoms. The Hall–Kier alpha value is -5.83. The van der Waals surface area contributed by atoms with E-state index in [9.17, 15) is 19.5 Å². The van der Waals surface area contributed by atoms with Gasteiger partial charge in [-0.1, -0.05) is 56.8 Å². The van der Waals surface area contributed by atoms with Gasteiger partial charge in [-0.05, 0) is 129 Å². The number of ether oxygens (including phenoxy) is 3. The van der Waals surface area contributed by atoms with Crippen LogP contribution in [0.3, 0.4) is 0 Å². The zero-order valence-corrected chi connectivity index (χ0v) is 41.9. The molecule has 4 aliphatic rings. The number of carbonyl (C=O) groups is 4. The van der Waals surface area contributed by atoms with Crippen LogP contribution in [0.15, 0.2) is 73.3 Å². The summed E-state index contributed by atoms with van der Waals surface area (Å²) in [5.74, 6) is -1.45. The largest absolute Gasteiger partial charge is 0.508 e. The number of cyclic esters (lactones) is 1. The van der Waals surface area contributed by atoms with Gasteiger partial charge in [0.1, 0.15) is 5.75 Å². The number of likely N-dealkylation sites (N-methyl/N-ethyl adjacent to an activating group) is 1. The normalized spacial score (nSPS) is 21.7. The fourth-order valence-electron chi connectivity index (χ4n) is 11.5. The van der Waals surface area contributed by atoms with Gasteiger partial charge < -0.3 is 34.1 Å². The SMILES string of the molecule is C=CC(=O)N1CC[C@H](CN(C)[C@H](C(=O)NC[C@H]2Cc3cc(O)cc(c3)-c3ccc4c(c3)c(c(-c3ccccc3CCOC)n4CC)CC(C)(C)COC(=O)[C@@H]3CCCN(C2=O)[N+]3=C)C2CCOCC2)C1. The first-order chi connectivity index (χ1) is 33.7. The predicted octanol–water partition coefficient (Wildman–Crippen LogP) is 6.67. The Morgan fingerprint density at radius 2 is 1.83 bits per heavy atom. The van der Waals surface area contributed by atoms with Crippen LogP contribution < -0.4 is 5.32 Å². The molecule has 3 amide bonds. The minimum absolute atomic E-state index is 0.0172. The van der Waals surface area contributed by atoms with Crippen molar-refractivity contribution in [2.24, 2.45) is 23.2 Å². The molecule has 0 aliphatic carbocycles. The molecule has 8 rings (SSSR count). The second-order valence-electron chi connectivity index (χ2n) is 20.7. The number of fused-ring (bicyclic) bond motifs is 6. The van der Waals surface area contributed by atoms with Gasteiger partial charge in [0, 0.05) is 81.3 Å². The number of rotatable bonds is 13. The molecule has 4 aromatic rings. The van der Waals surface area contributed by atoms with E-state index in [1.165, 1.54) is 16.3 Å². The second-order valence-corrected chi connectivity index (χ2v) is 20.7. The zero-order valence-electron chi connectivity index (χ0n) is 41.9. The number of phenols is 1. The van der Waals surface area contributed by atoms with Crippen LogP contribution >= 0.6 is 0 Å². The summed E-state index contributed by atoms with van der Waals surface area (Å²) in [6, 6.07) is 19.2. The Morgan fingerprint density at radius 1 is 1.04 bits per heavy atom. The summed E-state index contributed by atoms with van der Waals surface area (Å²) in [6.07, 6.45) is 6.21. The smallest absolute Gasteiger partial charge is 0.378 e. The molecule has 374 valence electrons. The van der Waals surface area contributed by atoms with Crippen LogP contribution in [0.5, 0.6) is 5.75 Å². The number of carbonyl (C=O) groups excluding carboxylic acids is 4. The number of hydrogen-bond donors (Lipinski definition) is 2. The summed E-state index contributed by atoms with van der Waals surface area (Å²) in [5.41, 5.74) is 7.60. The van der Waals surface area contributed by atoms with Crippen molar-refractivity contribution in [1.29, 1.82) is 0 Å². The first kappa shape index (κ1) is 50.6. The molecule has 3 fully saturated rings. The van der Waals surface area contributed by atoms with E-state index < -0.39 is 29.4 Å². The molecule has 6 bridgehead atoms. The highest BCUT2D eigenvalue weighted by atomic mass is 16.5. The number of nitrogens with zero attached hydrogens (tertiary/aromatic N) is 5. The van der Waals surface area contributed by atoms with E-state index in [2.05, 4.69) is 91.3 Å². The number of methoxy groups -OCH3 is 1. The van der Waals surface area contributed by atoms with Gasteiger partial charge in [-0.25, -0.2) is 4.79 Å². The number of hydrazine groups is 1. The van der Waals surface area contributed by atoms with E-state index in [1.807, 2.05) is 18.0 Å². The Kier molecular flexibility index (Phi) is 15.9. The Balaban J connectivity index is 1.17. The van der Waals surface area contributed by atoms with Gasteiger partial charge in [-0.3, -0.25) is 19.3 Å². The lowest BCUT2D eigenvalue weighted by atomic mass is 9.83. The third-order valence-electron chi connectivity index (χ3n) is 15.1. The quantitative estimate of drug-likeness (QED) is 0.0853. The van der Waals surface area contributed by atoms with Crippen molar-refractivity contribution in [2.75, 3.05) is 73.3 Å². The van der Waals surface area contributed by atoms with Crippen LogP contribution in [0.25, 0.3) is 33.3 Å². The minimum atomic E-state index is -0.789. The van der Waals surface area contributed by atoms with Gasteiger partial charge in [0.25, 0.3) is 11.9 Å². The topological polar surface area (TPSA) is 146 Å². The number of benzene rings is 3. The summed E-state index contributed by atoms with van der Waals surface area (Å²) < 4.78 is 21.4.